The number of hydrogen-bond donors (Lipinski definition) is 1. The zero-order valence-corrected chi connectivity index (χ0v) is 16.9. The number of alkyl halides is 3. The first-order chi connectivity index (χ1) is 15.0. The third-order valence-electron chi connectivity index (χ3n) is 6.73. The summed E-state index contributed by atoms with van der Waals surface area (Å²) in [4.78, 5) is 52.1. The summed E-state index contributed by atoms with van der Waals surface area (Å²) in [6, 6.07) is 4.01. The first kappa shape index (κ1) is 20.9. The standard InChI is InChI=1S/C21H20F3N3O5/c22-21(23,24)32-13-6-20(7-13)9-26(10-20)18(30)11-1-2-14-12(5-11)8-27(19(14)31)15-3-4-16(28)25-17(15)29/h1-2,5,13,15H,3-4,6-10H2,(H,25,28,29). The number of carbonyl (C=O) groups is 4. The molecule has 2 saturated heterocycles. The van der Waals surface area contributed by atoms with E-state index in [1.54, 1.807) is 23.1 Å². The average Bonchev–Trinajstić information content (AvgIpc) is 2.97. The maximum atomic E-state index is 12.8. The van der Waals surface area contributed by atoms with Gasteiger partial charge in [0.15, 0.2) is 0 Å². The Morgan fingerprint density at radius 2 is 1.88 bits per heavy atom. The van der Waals surface area contributed by atoms with Gasteiger partial charge in [0, 0.05) is 42.6 Å². The van der Waals surface area contributed by atoms with Gasteiger partial charge in [0.05, 0.1) is 6.10 Å². The number of rotatable bonds is 3. The summed E-state index contributed by atoms with van der Waals surface area (Å²) in [5.41, 5.74) is 1.13. The molecule has 32 heavy (non-hydrogen) atoms. The molecule has 4 aliphatic rings. The maximum Gasteiger partial charge on any atom is 0.522 e. The molecule has 1 atom stereocenters. The summed E-state index contributed by atoms with van der Waals surface area (Å²) in [6.07, 6.45) is -4.53. The van der Waals surface area contributed by atoms with E-state index in [1.807, 2.05) is 0 Å². The van der Waals surface area contributed by atoms with Gasteiger partial charge in [-0.2, -0.15) is 0 Å². The molecule has 1 spiro atoms. The minimum Gasteiger partial charge on any atom is -0.337 e. The van der Waals surface area contributed by atoms with Crippen LogP contribution in [0.1, 0.15) is 52.0 Å². The fraction of sp³-hybridized carbons (Fsp3) is 0.524. The lowest BCUT2D eigenvalue weighted by Gasteiger charge is -2.58. The molecule has 0 bridgehead atoms. The Bertz CT molecular complexity index is 1030. The Morgan fingerprint density at radius 1 is 1.16 bits per heavy atom. The van der Waals surface area contributed by atoms with E-state index in [9.17, 15) is 32.3 Å². The third kappa shape index (κ3) is 3.54. The van der Waals surface area contributed by atoms with Crippen LogP contribution >= 0.6 is 0 Å². The molecule has 1 aliphatic carbocycles. The van der Waals surface area contributed by atoms with E-state index in [4.69, 9.17) is 0 Å². The van der Waals surface area contributed by atoms with Crippen molar-refractivity contribution < 1.29 is 37.1 Å². The SMILES string of the molecule is O=C1CCC(N2Cc3cc(C(=O)N4CC5(CC(OC(F)(F)F)C5)C4)ccc3C2=O)C(=O)N1. The van der Waals surface area contributed by atoms with E-state index in [-0.39, 0.29) is 55.4 Å². The van der Waals surface area contributed by atoms with Gasteiger partial charge in [-0.05, 0) is 43.0 Å². The molecule has 1 N–H and O–H groups in total. The van der Waals surface area contributed by atoms with Gasteiger partial charge in [-0.1, -0.05) is 0 Å². The first-order valence-corrected chi connectivity index (χ1v) is 10.4. The topological polar surface area (TPSA) is 96.0 Å². The highest BCUT2D eigenvalue weighted by Crippen LogP contribution is 2.51. The van der Waals surface area contributed by atoms with Gasteiger partial charge in [-0.25, -0.2) is 0 Å². The van der Waals surface area contributed by atoms with Crippen LogP contribution in [0.2, 0.25) is 0 Å². The maximum absolute atomic E-state index is 12.8. The van der Waals surface area contributed by atoms with Crippen molar-refractivity contribution in [1.82, 2.24) is 15.1 Å². The number of nitrogens with one attached hydrogen (secondary N) is 1. The number of benzene rings is 1. The summed E-state index contributed by atoms with van der Waals surface area (Å²) in [7, 11) is 0. The second-order valence-electron chi connectivity index (χ2n) is 9.03. The highest BCUT2D eigenvalue weighted by molar-refractivity contribution is 6.06. The largest absolute Gasteiger partial charge is 0.522 e. The number of piperidine rings is 1. The molecule has 0 aromatic heterocycles. The second-order valence-corrected chi connectivity index (χ2v) is 9.03. The van der Waals surface area contributed by atoms with Crippen molar-refractivity contribution in [3.63, 3.8) is 0 Å². The zero-order valence-electron chi connectivity index (χ0n) is 16.9. The number of halogens is 3. The van der Waals surface area contributed by atoms with Gasteiger partial charge < -0.3 is 9.80 Å². The Labute approximate surface area is 180 Å². The fourth-order valence-corrected chi connectivity index (χ4v) is 5.23. The lowest BCUT2D eigenvalue weighted by molar-refractivity contribution is -0.363. The highest BCUT2D eigenvalue weighted by Gasteiger charge is 2.56. The summed E-state index contributed by atoms with van der Waals surface area (Å²) in [6.45, 7) is 0.923. The van der Waals surface area contributed by atoms with Gasteiger partial charge >= 0.3 is 6.36 Å². The van der Waals surface area contributed by atoms with E-state index >= 15 is 0 Å². The number of nitrogens with zero attached hydrogens (tertiary/aromatic N) is 2. The molecule has 1 unspecified atom stereocenters. The van der Waals surface area contributed by atoms with Crippen LogP contribution in [0.15, 0.2) is 18.2 Å². The molecule has 0 radical (unpaired) electrons. The lowest BCUT2D eigenvalue weighted by atomic mass is 9.61. The monoisotopic (exact) mass is 451 g/mol. The Morgan fingerprint density at radius 3 is 2.53 bits per heavy atom. The molecule has 1 aromatic carbocycles. The van der Waals surface area contributed by atoms with E-state index < -0.39 is 24.4 Å². The molecule has 3 fully saturated rings. The van der Waals surface area contributed by atoms with Gasteiger partial charge in [0.1, 0.15) is 6.04 Å². The Balaban J connectivity index is 1.21. The van der Waals surface area contributed by atoms with Crippen LogP contribution in [0.4, 0.5) is 13.2 Å². The summed E-state index contributed by atoms with van der Waals surface area (Å²) in [5.74, 6) is -1.43. The number of amides is 4. The molecule has 4 amide bonds. The minimum atomic E-state index is -4.64. The predicted molar refractivity (Wildman–Crippen MR) is 101 cm³/mol. The number of fused-ring (bicyclic) bond motifs is 1. The zero-order chi connectivity index (χ0) is 22.8. The number of hydrogen-bond acceptors (Lipinski definition) is 5. The third-order valence-corrected chi connectivity index (χ3v) is 6.73. The van der Waals surface area contributed by atoms with E-state index in [0.29, 0.717) is 29.8 Å². The molecule has 1 saturated carbocycles. The quantitative estimate of drug-likeness (QED) is 0.705. The van der Waals surface area contributed by atoms with Gasteiger partial charge in [-0.3, -0.25) is 29.2 Å². The Hall–Kier alpha value is -2.95. The highest BCUT2D eigenvalue weighted by atomic mass is 19.4. The van der Waals surface area contributed by atoms with Crippen LogP contribution in [-0.2, 0) is 20.9 Å². The van der Waals surface area contributed by atoms with Crippen molar-refractivity contribution in [2.75, 3.05) is 13.1 Å². The van der Waals surface area contributed by atoms with Crippen molar-refractivity contribution in [2.45, 2.75) is 50.7 Å². The Kier molecular flexibility index (Phi) is 4.59. The van der Waals surface area contributed by atoms with Crippen LogP contribution in [0.25, 0.3) is 0 Å². The molecule has 5 rings (SSSR count). The van der Waals surface area contributed by atoms with Gasteiger partial charge in [0.2, 0.25) is 11.8 Å². The van der Waals surface area contributed by atoms with Crippen molar-refractivity contribution in [2.24, 2.45) is 5.41 Å². The number of ether oxygens (including phenoxy) is 1. The number of imide groups is 1. The van der Waals surface area contributed by atoms with Gasteiger partial charge in [-0.15, -0.1) is 13.2 Å². The van der Waals surface area contributed by atoms with E-state index in [1.165, 1.54) is 4.90 Å². The van der Waals surface area contributed by atoms with Crippen LogP contribution in [0, 0.1) is 5.41 Å². The van der Waals surface area contributed by atoms with Crippen molar-refractivity contribution in [3.8, 4) is 0 Å². The summed E-state index contributed by atoms with van der Waals surface area (Å²) < 4.78 is 40.9. The van der Waals surface area contributed by atoms with Crippen LogP contribution in [0.3, 0.4) is 0 Å². The minimum absolute atomic E-state index is 0.159. The smallest absolute Gasteiger partial charge is 0.337 e. The molecule has 3 aliphatic heterocycles. The molecular weight excluding hydrogens is 431 g/mol. The van der Waals surface area contributed by atoms with Crippen LogP contribution in [-0.4, -0.2) is 65.0 Å². The molecule has 3 heterocycles. The number of likely N-dealkylation sites (tertiary alicyclic amines) is 1. The molecule has 8 nitrogen and oxygen atoms in total. The summed E-state index contributed by atoms with van der Waals surface area (Å²) >= 11 is 0. The first-order valence-electron chi connectivity index (χ1n) is 10.4. The van der Waals surface area contributed by atoms with E-state index in [0.717, 1.165) is 0 Å². The van der Waals surface area contributed by atoms with E-state index in [2.05, 4.69) is 10.1 Å². The fourth-order valence-electron chi connectivity index (χ4n) is 5.23. The predicted octanol–water partition coefficient (Wildman–Crippen LogP) is 1.59. The van der Waals surface area contributed by atoms with Crippen molar-refractivity contribution in [3.05, 3.63) is 34.9 Å². The molecular formula is C21H20F3N3O5. The van der Waals surface area contributed by atoms with Gasteiger partial charge in [0.25, 0.3) is 11.8 Å². The van der Waals surface area contributed by atoms with Crippen LogP contribution < -0.4 is 5.32 Å². The van der Waals surface area contributed by atoms with Crippen molar-refractivity contribution in [1.29, 1.82) is 0 Å². The average molecular weight is 451 g/mol. The molecule has 1 aromatic rings. The summed E-state index contributed by atoms with van der Waals surface area (Å²) in [5, 5.41) is 2.24. The molecule has 170 valence electrons. The second kappa shape index (κ2) is 7.03. The normalized spacial score (nSPS) is 24.8. The van der Waals surface area contributed by atoms with Crippen LogP contribution in [0.5, 0.6) is 0 Å². The lowest BCUT2D eigenvalue weighted by Crippen LogP contribution is -2.65. The molecule has 11 heteroatoms. The van der Waals surface area contributed by atoms with Crippen molar-refractivity contribution >= 4 is 23.6 Å². The number of carbonyl (C=O) groups excluding carboxylic acids is 4.